The van der Waals surface area contributed by atoms with Crippen LogP contribution in [-0.4, -0.2) is 82.3 Å². The van der Waals surface area contributed by atoms with Crippen molar-refractivity contribution in [2.75, 3.05) is 47.5 Å². The lowest BCUT2D eigenvalue weighted by Gasteiger charge is -2.26. The van der Waals surface area contributed by atoms with Crippen LogP contribution in [0.3, 0.4) is 0 Å². The van der Waals surface area contributed by atoms with Crippen molar-refractivity contribution in [3.63, 3.8) is 0 Å². The van der Waals surface area contributed by atoms with Crippen molar-refractivity contribution < 1.29 is 42.9 Å². The van der Waals surface area contributed by atoms with Crippen LogP contribution in [-0.2, 0) is 33.3 Å². The van der Waals surface area contributed by atoms with E-state index in [0.29, 0.717) is 17.4 Å². The number of hydrogen-bond donors (Lipinski definition) is 0. The SMILES string of the molecule is CC/C=C\C/C=C\C/C=C\C/C=C\C/C=C\CCCCCCCCCCCCCCCC(=O)OC(COC(=O)CCCCCCCCCCCCCCCC/C=C\C/C=C\C/C=C\CCCCCCC)COC(OCC[N+](C)(C)C)C(=O)[O-]. The highest BCUT2D eigenvalue weighted by atomic mass is 16.7. The van der Waals surface area contributed by atoms with Crippen molar-refractivity contribution in [1.82, 2.24) is 0 Å². The number of carboxylic acid groups (broad SMARTS) is 1. The number of quaternary nitrogens is 1. The van der Waals surface area contributed by atoms with Crippen LogP contribution in [0.2, 0.25) is 0 Å². The maximum absolute atomic E-state index is 12.9. The first-order valence-electron chi connectivity index (χ1n) is 34.4. The minimum absolute atomic E-state index is 0.144. The number of nitrogens with zero attached hydrogens (tertiary/aromatic N) is 1. The van der Waals surface area contributed by atoms with E-state index < -0.39 is 24.3 Å². The summed E-state index contributed by atoms with van der Waals surface area (Å²) in [5, 5.41) is 11.8. The van der Waals surface area contributed by atoms with Crippen LogP contribution in [0.25, 0.3) is 0 Å². The molecule has 0 N–H and O–H groups in total. The molecule has 0 aromatic rings. The van der Waals surface area contributed by atoms with Gasteiger partial charge in [-0.1, -0.05) is 284 Å². The average molecular weight is 1160 g/mol. The van der Waals surface area contributed by atoms with Crippen LogP contribution < -0.4 is 5.11 Å². The molecule has 0 fully saturated rings. The van der Waals surface area contributed by atoms with Gasteiger partial charge in [0.2, 0.25) is 0 Å². The molecule has 2 atom stereocenters. The highest BCUT2D eigenvalue weighted by Gasteiger charge is 2.22. The normalized spacial score (nSPS) is 13.3. The monoisotopic (exact) mass is 1160 g/mol. The van der Waals surface area contributed by atoms with E-state index in [1.165, 1.54) is 180 Å². The lowest BCUT2D eigenvalue weighted by Crippen LogP contribution is -2.44. The van der Waals surface area contributed by atoms with Gasteiger partial charge in [0.05, 0.1) is 40.3 Å². The number of ether oxygens (including phenoxy) is 4. The highest BCUT2D eigenvalue weighted by molar-refractivity contribution is 5.70. The third-order valence-electron chi connectivity index (χ3n) is 14.8. The number of allylic oxidation sites excluding steroid dienone is 16. The van der Waals surface area contributed by atoms with E-state index in [2.05, 4.69) is 111 Å². The van der Waals surface area contributed by atoms with Crippen molar-refractivity contribution >= 4 is 17.9 Å². The number of unbranched alkanes of at least 4 members (excludes halogenated alkanes) is 32. The largest absolute Gasteiger partial charge is 0.545 e. The van der Waals surface area contributed by atoms with Gasteiger partial charge in [0.25, 0.3) is 0 Å². The first kappa shape index (κ1) is 79.2. The van der Waals surface area contributed by atoms with E-state index in [0.717, 1.165) is 83.5 Å². The van der Waals surface area contributed by atoms with E-state index in [-0.39, 0.29) is 38.6 Å². The Hall–Kier alpha value is -3.79. The van der Waals surface area contributed by atoms with E-state index in [4.69, 9.17) is 18.9 Å². The van der Waals surface area contributed by atoms with Gasteiger partial charge >= 0.3 is 11.9 Å². The maximum Gasteiger partial charge on any atom is 0.306 e. The Kier molecular flexibility index (Phi) is 61.3. The van der Waals surface area contributed by atoms with Gasteiger partial charge in [-0.15, -0.1) is 0 Å². The first-order chi connectivity index (χ1) is 40.6. The molecule has 0 aliphatic rings. The number of aliphatic carboxylic acids is 1. The van der Waals surface area contributed by atoms with Crippen molar-refractivity contribution in [3.8, 4) is 0 Å². The van der Waals surface area contributed by atoms with Gasteiger partial charge in [-0.2, -0.15) is 0 Å². The summed E-state index contributed by atoms with van der Waals surface area (Å²) in [6.07, 6.45) is 84.8. The Morgan fingerprint density at radius 3 is 1.02 bits per heavy atom. The third-order valence-corrected chi connectivity index (χ3v) is 14.8. The number of carbonyl (C=O) groups is 3. The molecule has 0 saturated heterocycles. The zero-order valence-corrected chi connectivity index (χ0v) is 54.5. The molecule has 0 aliphatic heterocycles. The Balaban J connectivity index is 4.14. The lowest BCUT2D eigenvalue weighted by atomic mass is 10.0. The van der Waals surface area contributed by atoms with Crippen LogP contribution in [0.4, 0.5) is 0 Å². The van der Waals surface area contributed by atoms with Crippen LogP contribution >= 0.6 is 0 Å². The van der Waals surface area contributed by atoms with Crippen LogP contribution in [0.5, 0.6) is 0 Å². The molecule has 0 heterocycles. The van der Waals surface area contributed by atoms with Gasteiger partial charge in [0.15, 0.2) is 12.4 Å². The number of likely N-dealkylation sites (N-methyl/N-ethyl adjacent to an activating group) is 1. The second kappa shape index (κ2) is 64.2. The van der Waals surface area contributed by atoms with E-state index in [1.807, 2.05) is 21.1 Å². The number of esters is 2. The molecular formula is C74H129NO8. The predicted octanol–water partition coefficient (Wildman–Crippen LogP) is 19.9. The summed E-state index contributed by atoms with van der Waals surface area (Å²) in [7, 11) is 5.93. The molecule has 478 valence electrons. The third kappa shape index (κ3) is 65.6. The van der Waals surface area contributed by atoms with Gasteiger partial charge < -0.3 is 33.3 Å². The van der Waals surface area contributed by atoms with Gasteiger partial charge in [-0.3, -0.25) is 9.59 Å². The first-order valence-corrected chi connectivity index (χ1v) is 34.4. The Morgan fingerprint density at radius 2 is 0.687 bits per heavy atom. The van der Waals surface area contributed by atoms with E-state index in [1.54, 1.807) is 0 Å². The molecule has 2 unspecified atom stereocenters. The highest BCUT2D eigenvalue weighted by Crippen LogP contribution is 2.17. The van der Waals surface area contributed by atoms with Crippen LogP contribution in [0.15, 0.2) is 97.2 Å². The fourth-order valence-corrected chi connectivity index (χ4v) is 9.57. The minimum Gasteiger partial charge on any atom is -0.545 e. The standard InChI is InChI=1S/C74H129NO8/c1-6-8-10-12-14-16-18-20-22-24-26-28-30-32-34-36-38-40-42-44-46-48-50-52-54-56-58-60-62-64-71(76)81-68-70(69-82-74(73(78)79)80-67-66-75(3,4)5)83-72(77)65-63-61-59-57-55-53-51-49-47-45-43-41-39-37-35-33-31-29-27-25-23-21-19-17-15-13-11-9-7-2/h9,11,15,17-18,20-21,23-24,26-27,29-30,32-33,35,70,74H,6-8,10,12-14,16,19,22,25,28,31,34,36-69H2,1-5H3/b11-9-,17-15-,20-18-,23-21-,26-24-,29-27-,32-30-,35-33-. The Bertz CT molecular complexity index is 1680. The molecule has 0 aliphatic carbocycles. The van der Waals surface area contributed by atoms with Crippen molar-refractivity contribution in [3.05, 3.63) is 97.2 Å². The maximum atomic E-state index is 12.9. The Morgan fingerprint density at radius 1 is 0.373 bits per heavy atom. The number of rotatable bonds is 63. The molecule has 0 spiro atoms. The average Bonchev–Trinajstić information content (AvgIpc) is 3.46. The zero-order chi connectivity index (χ0) is 60.5. The molecule has 0 aromatic heterocycles. The second-order valence-corrected chi connectivity index (χ2v) is 24.1. The van der Waals surface area contributed by atoms with Crippen LogP contribution in [0, 0.1) is 0 Å². The Labute approximate surface area is 512 Å². The number of carbonyl (C=O) groups excluding carboxylic acids is 3. The molecule has 83 heavy (non-hydrogen) atoms. The van der Waals surface area contributed by atoms with Crippen LogP contribution in [0.1, 0.15) is 296 Å². The summed E-state index contributed by atoms with van der Waals surface area (Å²) in [6.45, 7) is 4.65. The predicted molar refractivity (Wildman–Crippen MR) is 352 cm³/mol. The zero-order valence-electron chi connectivity index (χ0n) is 54.5. The molecule has 9 heteroatoms. The van der Waals surface area contributed by atoms with E-state index >= 15 is 0 Å². The number of carboxylic acids is 1. The van der Waals surface area contributed by atoms with Crippen molar-refractivity contribution in [1.29, 1.82) is 0 Å². The topological polar surface area (TPSA) is 111 Å². The van der Waals surface area contributed by atoms with Gasteiger partial charge in [0.1, 0.15) is 13.2 Å². The quantitative estimate of drug-likeness (QED) is 0.0195. The number of hydrogen-bond acceptors (Lipinski definition) is 8. The van der Waals surface area contributed by atoms with Gasteiger partial charge in [-0.25, -0.2) is 0 Å². The molecule has 0 amide bonds. The molecule has 0 radical (unpaired) electrons. The summed E-state index contributed by atoms with van der Waals surface area (Å²) >= 11 is 0. The fourth-order valence-electron chi connectivity index (χ4n) is 9.57. The van der Waals surface area contributed by atoms with Gasteiger partial charge in [-0.05, 0) is 96.3 Å². The molecule has 0 aromatic carbocycles. The summed E-state index contributed by atoms with van der Waals surface area (Å²) in [5.41, 5.74) is 0. The summed E-state index contributed by atoms with van der Waals surface area (Å²) in [4.78, 5) is 37.5. The molecule has 9 nitrogen and oxygen atoms in total. The molecular weight excluding hydrogens is 1030 g/mol. The summed E-state index contributed by atoms with van der Waals surface area (Å²) in [5.74, 6) is -2.28. The van der Waals surface area contributed by atoms with Gasteiger partial charge in [0, 0.05) is 12.8 Å². The second-order valence-electron chi connectivity index (χ2n) is 24.1. The fraction of sp³-hybridized carbons (Fsp3) is 0.743. The summed E-state index contributed by atoms with van der Waals surface area (Å²) < 4.78 is 22.8. The van der Waals surface area contributed by atoms with Crippen molar-refractivity contribution in [2.24, 2.45) is 0 Å². The molecule has 0 bridgehead atoms. The lowest BCUT2D eigenvalue weighted by molar-refractivity contribution is -0.870. The summed E-state index contributed by atoms with van der Waals surface area (Å²) in [6, 6.07) is 0. The van der Waals surface area contributed by atoms with E-state index in [9.17, 15) is 19.5 Å². The molecule has 0 saturated carbocycles. The minimum atomic E-state index is -1.63. The smallest absolute Gasteiger partial charge is 0.306 e. The molecule has 0 rings (SSSR count). The van der Waals surface area contributed by atoms with Crippen molar-refractivity contribution in [2.45, 2.75) is 309 Å².